The van der Waals surface area contributed by atoms with Crippen LogP contribution in [0.1, 0.15) is 27.0 Å². The number of nitrogens with zero attached hydrogens (tertiary/aromatic N) is 2. The molecule has 0 amide bonds. The maximum absolute atomic E-state index is 11.9. The summed E-state index contributed by atoms with van der Waals surface area (Å²) in [6.07, 6.45) is 0. The molecule has 0 saturated carbocycles. The van der Waals surface area contributed by atoms with E-state index in [4.69, 9.17) is 5.10 Å². The zero-order chi connectivity index (χ0) is 22.1. The first-order valence-electron chi connectivity index (χ1n) is 9.87. The van der Waals surface area contributed by atoms with Gasteiger partial charge < -0.3 is 10.4 Å². The van der Waals surface area contributed by atoms with Gasteiger partial charge in [0.15, 0.2) is 0 Å². The summed E-state index contributed by atoms with van der Waals surface area (Å²) < 4.78 is 2.78. The van der Waals surface area contributed by atoms with Gasteiger partial charge in [-0.05, 0) is 67.1 Å². The Labute approximate surface area is 194 Å². The van der Waals surface area contributed by atoms with Gasteiger partial charge >= 0.3 is 5.97 Å². The minimum atomic E-state index is -0.970. The Morgan fingerprint density at radius 3 is 2.32 bits per heavy atom. The van der Waals surface area contributed by atoms with Crippen molar-refractivity contribution in [1.82, 2.24) is 9.78 Å². The van der Waals surface area contributed by atoms with Crippen LogP contribution in [-0.2, 0) is 0 Å². The normalized spacial score (nSPS) is 10.8. The van der Waals surface area contributed by atoms with Crippen molar-refractivity contribution in [3.05, 3.63) is 92.6 Å². The van der Waals surface area contributed by atoms with Gasteiger partial charge in [0.2, 0.25) is 0 Å². The highest BCUT2D eigenvalue weighted by Crippen LogP contribution is 2.35. The Morgan fingerprint density at radius 1 is 0.968 bits per heavy atom. The minimum Gasteiger partial charge on any atom is -0.478 e. The molecule has 156 valence electrons. The molecule has 4 rings (SSSR count). The van der Waals surface area contributed by atoms with Crippen LogP contribution >= 0.6 is 22.6 Å². The Hall–Kier alpha value is -3.13. The quantitative estimate of drug-likeness (QED) is 0.293. The lowest BCUT2D eigenvalue weighted by atomic mass is 10.1. The topological polar surface area (TPSA) is 67.2 Å². The number of carboxylic acid groups (broad SMARTS) is 1. The number of benzene rings is 3. The summed E-state index contributed by atoms with van der Waals surface area (Å²) in [4.78, 5) is 11.9. The van der Waals surface area contributed by atoms with E-state index in [-0.39, 0.29) is 5.56 Å². The first kappa shape index (κ1) is 21.1. The highest BCUT2D eigenvalue weighted by Gasteiger charge is 2.21. The molecule has 0 bridgehead atoms. The molecule has 0 aliphatic carbocycles. The summed E-state index contributed by atoms with van der Waals surface area (Å²) in [5.74, 6) is -0.237. The van der Waals surface area contributed by atoms with Crippen molar-refractivity contribution in [2.24, 2.45) is 0 Å². The highest BCUT2D eigenvalue weighted by atomic mass is 127. The van der Waals surface area contributed by atoms with Crippen LogP contribution in [0.25, 0.3) is 16.9 Å². The third-order valence-corrected chi connectivity index (χ3v) is 6.18. The van der Waals surface area contributed by atoms with Crippen LogP contribution in [0.15, 0.2) is 66.7 Å². The average molecular weight is 523 g/mol. The fraction of sp³-hybridized carbons (Fsp3) is 0.120. The third kappa shape index (κ3) is 4.20. The predicted molar refractivity (Wildman–Crippen MR) is 133 cm³/mol. The number of carboxylic acids is 1. The maximum Gasteiger partial charge on any atom is 0.337 e. The molecule has 0 aliphatic rings. The molecule has 31 heavy (non-hydrogen) atoms. The van der Waals surface area contributed by atoms with Crippen LogP contribution in [0.2, 0.25) is 0 Å². The smallest absolute Gasteiger partial charge is 0.337 e. The van der Waals surface area contributed by atoms with Gasteiger partial charge in [-0.1, -0.05) is 59.7 Å². The molecule has 0 unspecified atom stereocenters. The van der Waals surface area contributed by atoms with Gasteiger partial charge in [-0.3, -0.25) is 0 Å². The Morgan fingerprint density at radius 2 is 1.65 bits per heavy atom. The van der Waals surface area contributed by atoms with Crippen molar-refractivity contribution in [3.63, 3.8) is 0 Å². The number of carbonyl (C=O) groups is 1. The highest BCUT2D eigenvalue weighted by molar-refractivity contribution is 14.1. The molecule has 4 aromatic rings. The summed E-state index contributed by atoms with van der Waals surface area (Å²) in [7, 11) is 0. The number of rotatable bonds is 5. The molecule has 0 atom stereocenters. The van der Waals surface area contributed by atoms with E-state index in [1.165, 1.54) is 5.56 Å². The van der Waals surface area contributed by atoms with E-state index in [0.717, 1.165) is 37.5 Å². The number of nitrogens with one attached hydrogen (secondary N) is 1. The monoisotopic (exact) mass is 523 g/mol. The van der Waals surface area contributed by atoms with Gasteiger partial charge in [0.1, 0.15) is 11.5 Å². The molecule has 0 spiro atoms. The van der Waals surface area contributed by atoms with Crippen molar-refractivity contribution in [2.45, 2.75) is 20.8 Å². The van der Waals surface area contributed by atoms with Crippen LogP contribution in [0.4, 0.5) is 11.5 Å². The number of aromatic nitrogens is 2. The summed E-state index contributed by atoms with van der Waals surface area (Å²) in [6.45, 7) is 5.97. The zero-order valence-corrected chi connectivity index (χ0v) is 19.6. The van der Waals surface area contributed by atoms with Gasteiger partial charge in [0.25, 0.3) is 0 Å². The van der Waals surface area contributed by atoms with E-state index in [1.807, 2.05) is 48.9 Å². The number of hydrogen-bond donors (Lipinski definition) is 2. The molecule has 0 saturated heterocycles. The largest absolute Gasteiger partial charge is 0.478 e. The number of hydrogen-bond acceptors (Lipinski definition) is 3. The lowest BCUT2D eigenvalue weighted by Crippen LogP contribution is -2.08. The average Bonchev–Trinajstić information content (AvgIpc) is 3.06. The minimum absolute atomic E-state index is 0.227. The van der Waals surface area contributed by atoms with Crippen LogP contribution in [0.3, 0.4) is 0 Å². The maximum atomic E-state index is 11.9. The molecular formula is C25H22IN3O2. The number of aryl methyl sites for hydroxylation is 3. The van der Waals surface area contributed by atoms with Crippen LogP contribution < -0.4 is 5.32 Å². The van der Waals surface area contributed by atoms with E-state index >= 15 is 0 Å². The first-order chi connectivity index (χ1) is 14.8. The SMILES string of the molecule is Cc1ccc(-c2nn(-c3ccccc3C)c(Nc3ccc(C)cc3C(=O)O)c2I)cc1. The molecule has 0 radical (unpaired) electrons. The van der Waals surface area contributed by atoms with Gasteiger partial charge in [0, 0.05) is 5.56 Å². The lowest BCUT2D eigenvalue weighted by molar-refractivity contribution is 0.0698. The Balaban J connectivity index is 1.91. The summed E-state index contributed by atoms with van der Waals surface area (Å²) in [5, 5.41) is 18.0. The van der Waals surface area contributed by atoms with E-state index in [2.05, 4.69) is 59.1 Å². The summed E-state index contributed by atoms with van der Waals surface area (Å²) in [6, 6.07) is 21.6. The number of para-hydroxylation sites is 1. The fourth-order valence-electron chi connectivity index (χ4n) is 3.45. The second-order valence-electron chi connectivity index (χ2n) is 7.55. The first-order valence-corrected chi connectivity index (χ1v) is 11.0. The van der Waals surface area contributed by atoms with Crippen LogP contribution in [-0.4, -0.2) is 20.9 Å². The lowest BCUT2D eigenvalue weighted by Gasteiger charge is -2.14. The molecule has 3 aromatic carbocycles. The predicted octanol–water partition coefficient (Wildman–Crippen LogP) is 6.51. The summed E-state index contributed by atoms with van der Waals surface area (Å²) in [5.41, 5.74) is 6.69. The molecular weight excluding hydrogens is 501 g/mol. The van der Waals surface area contributed by atoms with E-state index in [0.29, 0.717) is 5.69 Å². The molecule has 2 N–H and O–H groups in total. The zero-order valence-electron chi connectivity index (χ0n) is 17.5. The van der Waals surface area contributed by atoms with Gasteiger partial charge in [-0.15, -0.1) is 0 Å². The van der Waals surface area contributed by atoms with Crippen molar-refractivity contribution < 1.29 is 9.90 Å². The van der Waals surface area contributed by atoms with Crippen LogP contribution in [0.5, 0.6) is 0 Å². The number of aromatic carboxylic acids is 1. The van der Waals surface area contributed by atoms with Gasteiger partial charge in [-0.2, -0.15) is 5.10 Å². The molecule has 0 fully saturated rings. The molecule has 1 aromatic heterocycles. The molecule has 0 aliphatic heterocycles. The Kier molecular flexibility index (Phi) is 5.82. The second kappa shape index (κ2) is 8.55. The van der Waals surface area contributed by atoms with E-state index < -0.39 is 5.97 Å². The third-order valence-electron chi connectivity index (χ3n) is 5.15. The van der Waals surface area contributed by atoms with Crippen LogP contribution in [0, 0.1) is 24.3 Å². The summed E-state index contributed by atoms with van der Waals surface area (Å²) >= 11 is 2.28. The number of anilines is 2. The van der Waals surface area contributed by atoms with Gasteiger partial charge in [-0.25, -0.2) is 9.48 Å². The Bertz CT molecular complexity index is 1280. The van der Waals surface area contributed by atoms with Crippen molar-refractivity contribution in [2.75, 3.05) is 5.32 Å². The molecule has 1 heterocycles. The molecule has 6 heteroatoms. The van der Waals surface area contributed by atoms with E-state index in [1.54, 1.807) is 12.1 Å². The number of halogens is 1. The standard InChI is InChI=1S/C25H22IN3O2/c1-15-8-11-18(12-9-15)23-22(26)24(29(28-23)21-7-5-4-6-17(21)3)27-20-13-10-16(2)14-19(20)25(30)31/h4-14,27H,1-3H3,(H,30,31). The van der Waals surface area contributed by atoms with Crippen molar-refractivity contribution in [1.29, 1.82) is 0 Å². The fourth-order valence-corrected chi connectivity index (χ4v) is 4.23. The van der Waals surface area contributed by atoms with Crippen molar-refractivity contribution >= 4 is 40.1 Å². The van der Waals surface area contributed by atoms with Crippen molar-refractivity contribution in [3.8, 4) is 16.9 Å². The molecule has 5 nitrogen and oxygen atoms in total. The second-order valence-corrected chi connectivity index (χ2v) is 8.63. The van der Waals surface area contributed by atoms with E-state index in [9.17, 15) is 9.90 Å². The van der Waals surface area contributed by atoms with Gasteiger partial charge in [0.05, 0.1) is 20.5 Å².